The van der Waals surface area contributed by atoms with Crippen LogP contribution in [0, 0.1) is 6.92 Å². The third-order valence-corrected chi connectivity index (χ3v) is 3.33. The lowest BCUT2D eigenvalue weighted by Crippen LogP contribution is -2.19. The monoisotopic (exact) mass is 293 g/mol. The van der Waals surface area contributed by atoms with E-state index in [1.54, 1.807) is 31.5 Å². The highest BCUT2D eigenvalue weighted by Gasteiger charge is 2.10. The zero-order chi connectivity index (χ0) is 14.5. The molecular weight excluding hydrogens is 278 g/mol. The minimum absolute atomic E-state index is 0.372. The number of urea groups is 1. The van der Waals surface area contributed by atoms with Crippen molar-refractivity contribution in [1.29, 1.82) is 0 Å². The van der Waals surface area contributed by atoms with Crippen molar-refractivity contribution in [3.63, 3.8) is 0 Å². The lowest BCUT2D eigenvalue weighted by molar-refractivity contribution is 0.262. The Morgan fingerprint density at radius 1 is 1.25 bits per heavy atom. The first-order valence-electron chi connectivity index (χ1n) is 5.85. The smallest absolute Gasteiger partial charge is 0.325 e. The molecule has 7 heteroatoms. The molecule has 1 aromatic carbocycles. The second-order valence-electron chi connectivity index (χ2n) is 3.92. The van der Waals surface area contributed by atoms with E-state index in [1.165, 1.54) is 18.4 Å². The van der Waals surface area contributed by atoms with E-state index in [-0.39, 0.29) is 6.03 Å². The second kappa shape index (κ2) is 6.25. The van der Waals surface area contributed by atoms with Gasteiger partial charge in [-0.25, -0.2) is 9.78 Å². The molecule has 2 N–H and O–H groups in total. The fraction of sp³-hybridized carbons (Fsp3) is 0.231. The number of thiazole rings is 1. The number of aromatic nitrogens is 1. The number of hydrogen-bond donors (Lipinski definition) is 2. The molecule has 0 aliphatic heterocycles. The predicted octanol–water partition coefficient (Wildman–Crippen LogP) is 3.11. The summed E-state index contributed by atoms with van der Waals surface area (Å²) in [7, 11) is 3.10. The largest absolute Gasteiger partial charge is 0.497 e. The maximum Gasteiger partial charge on any atom is 0.325 e. The molecule has 0 aliphatic rings. The summed E-state index contributed by atoms with van der Waals surface area (Å²) in [4.78, 5) is 17.0. The van der Waals surface area contributed by atoms with Crippen LogP contribution in [0.15, 0.2) is 24.4 Å². The van der Waals surface area contributed by atoms with Gasteiger partial charge in [0.1, 0.15) is 11.5 Å². The molecule has 0 aliphatic carbocycles. The summed E-state index contributed by atoms with van der Waals surface area (Å²) < 4.78 is 10.3. The number of nitrogens with zero attached hydrogens (tertiary/aromatic N) is 1. The minimum atomic E-state index is -0.372. The topological polar surface area (TPSA) is 72.5 Å². The molecule has 1 heterocycles. The molecular formula is C13H15N3O3S. The van der Waals surface area contributed by atoms with Crippen molar-refractivity contribution in [2.45, 2.75) is 6.92 Å². The molecule has 2 aromatic rings. The molecule has 0 saturated carbocycles. The number of ether oxygens (including phenoxy) is 2. The van der Waals surface area contributed by atoms with Crippen LogP contribution in [0.2, 0.25) is 0 Å². The maximum absolute atomic E-state index is 11.9. The molecule has 1 aromatic heterocycles. The van der Waals surface area contributed by atoms with E-state index in [4.69, 9.17) is 9.47 Å². The number of rotatable bonds is 4. The molecule has 6 nitrogen and oxygen atoms in total. The molecule has 106 valence electrons. The van der Waals surface area contributed by atoms with Crippen molar-refractivity contribution in [2.24, 2.45) is 0 Å². The highest BCUT2D eigenvalue weighted by molar-refractivity contribution is 7.15. The zero-order valence-corrected chi connectivity index (χ0v) is 12.2. The average molecular weight is 293 g/mol. The van der Waals surface area contributed by atoms with Gasteiger partial charge in [-0.2, -0.15) is 0 Å². The lowest BCUT2D eigenvalue weighted by atomic mass is 10.2. The van der Waals surface area contributed by atoms with E-state index in [2.05, 4.69) is 15.6 Å². The quantitative estimate of drug-likeness (QED) is 0.908. The van der Waals surface area contributed by atoms with Gasteiger partial charge >= 0.3 is 6.03 Å². The van der Waals surface area contributed by atoms with Gasteiger partial charge < -0.3 is 14.8 Å². The van der Waals surface area contributed by atoms with Crippen LogP contribution in [0.4, 0.5) is 15.6 Å². The molecule has 0 spiro atoms. The Morgan fingerprint density at radius 2 is 2.05 bits per heavy atom. The number of carbonyl (C=O) groups is 1. The van der Waals surface area contributed by atoms with Gasteiger partial charge in [-0.3, -0.25) is 5.32 Å². The van der Waals surface area contributed by atoms with Gasteiger partial charge in [0.15, 0.2) is 5.13 Å². The fourth-order valence-electron chi connectivity index (χ4n) is 1.56. The molecule has 2 amide bonds. The lowest BCUT2D eigenvalue weighted by Gasteiger charge is -2.11. The van der Waals surface area contributed by atoms with Gasteiger partial charge in [0, 0.05) is 17.1 Å². The normalized spacial score (nSPS) is 9.95. The second-order valence-corrected chi connectivity index (χ2v) is 5.16. The van der Waals surface area contributed by atoms with E-state index >= 15 is 0 Å². The number of methoxy groups -OCH3 is 2. The van der Waals surface area contributed by atoms with Crippen molar-refractivity contribution in [1.82, 2.24) is 4.98 Å². The van der Waals surface area contributed by atoms with Crippen molar-refractivity contribution >= 4 is 28.2 Å². The van der Waals surface area contributed by atoms with E-state index in [0.29, 0.717) is 22.3 Å². The summed E-state index contributed by atoms with van der Waals surface area (Å²) in [5, 5.41) is 5.92. The zero-order valence-electron chi connectivity index (χ0n) is 11.4. The molecule has 20 heavy (non-hydrogen) atoms. The average Bonchev–Trinajstić information content (AvgIpc) is 2.84. The van der Waals surface area contributed by atoms with Gasteiger partial charge in [-0.05, 0) is 19.1 Å². The predicted molar refractivity (Wildman–Crippen MR) is 79.0 cm³/mol. The van der Waals surface area contributed by atoms with Crippen molar-refractivity contribution < 1.29 is 14.3 Å². The third kappa shape index (κ3) is 3.39. The number of nitrogens with one attached hydrogen (secondary N) is 2. The van der Waals surface area contributed by atoms with Crippen LogP contribution in [-0.4, -0.2) is 25.2 Å². The number of carbonyl (C=O) groups excluding carboxylic acids is 1. The first-order chi connectivity index (χ1) is 9.62. The Balaban J connectivity index is 2.07. The summed E-state index contributed by atoms with van der Waals surface area (Å²) in [6.07, 6.45) is 1.70. The first kappa shape index (κ1) is 14.1. The summed E-state index contributed by atoms with van der Waals surface area (Å²) >= 11 is 1.41. The molecule has 2 rings (SSSR count). The highest BCUT2D eigenvalue weighted by Crippen LogP contribution is 2.29. The number of benzene rings is 1. The van der Waals surface area contributed by atoms with Crippen LogP contribution in [0.3, 0.4) is 0 Å². The molecule has 0 saturated heterocycles. The minimum Gasteiger partial charge on any atom is -0.497 e. The molecule has 0 unspecified atom stereocenters. The molecule has 0 fully saturated rings. The Hall–Kier alpha value is -2.28. The highest BCUT2D eigenvalue weighted by atomic mass is 32.1. The van der Waals surface area contributed by atoms with Crippen LogP contribution in [0.25, 0.3) is 0 Å². The summed E-state index contributed by atoms with van der Waals surface area (Å²) in [5.41, 5.74) is 0.555. The Morgan fingerprint density at radius 3 is 2.65 bits per heavy atom. The van der Waals surface area contributed by atoms with Crippen molar-refractivity contribution in [2.75, 3.05) is 24.9 Å². The van der Waals surface area contributed by atoms with Gasteiger partial charge in [0.05, 0.1) is 19.9 Å². The molecule has 0 radical (unpaired) electrons. The van der Waals surface area contributed by atoms with Gasteiger partial charge in [0.2, 0.25) is 0 Å². The van der Waals surface area contributed by atoms with Gasteiger partial charge in [-0.1, -0.05) is 0 Å². The van der Waals surface area contributed by atoms with Crippen LogP contribution in [-0.2, 0) is 0 Å². The first-order valence-corrected chi connectivity index (χ1v) is 6.66. The summed E-state index contributed by atoms with van der Waals surface area (Å²) in [5.74, 6) is 1.18. The Labute approximate surface area is 120 Å². The van der Waals surface area contributed by atoms with Gasteiger partial charge in [0.25, 0.3) is 0 Å². The summed E-state index contributed by atoms with van der Waals surface area (Å²) in [6.45, 7) is 1.92. The molecule has 0 bridgehead atoms. The fourth-order valence-corrected chi connectivity index (χ4v) is 2.22. The van der Waals surface area contributed by atoms with Gasteiger partial charge in [-0.15, -0.1) is 11.3 Å². The summed E-state index contributed by atoms with van der Waals surface area (Å²) in [6, 6.07) is 4.78. The number of aryl methyl sites for hydroxylation is 1. The number of anilines is 2. The van der Waals surface area contributed by atoms with Crippen molar-refractivity contribution in [3.8, 4) is 11.5 Å². The van der Waals surface area contributed by atoms with Crippen molar-refractivity contribution in [3.05, 3.63) is 29.3 Å². The van der Waals surface area contributed by atoms with Crippen LogP contribution in [0.5, 0.6) is 11.5 Å². The van der Waals surface area contributed by atoms with Crippen LogP contribution in [0.1, 0.15) is 4.88 Å². The van der Waals surface area contributed by atoms with E-state index in [1.807, 2.05) is 6.92 Å². The number of hydrogen-bond acceptors (Lipinski definition) is 5. The standard InChI is InChI=1S/C13H15N3O3S/c1-8-7-14-13(20-8)16-12(17)15-10-5-4-9(18-2)6-11(10)19-3/h4-7H,1-3H3,(H2,14,15,16,17). The SMILES string of the molecule is COc1ccc(NC(=O)Nc2ncc(C)s2)c(OC)c1. The van der Waals surface area contributed by atoms with Crippen LogP contribution >= 0.6 is 11.3 Å². The maximum atomic E-state index is 11.9. The Bertz CT molecular complexity index is 613. The molecule has 0 atom stereocenters. The number of amides is 2. The van der Waals surface area contributed by atoms with E-state index in [9.17, 15) is 4.79 Å². The third-order valence-electron chi connectivity index (χ3n) is 2.50. The Kier molecular flexibility index (Phi) is 4.41. The van der Waals surface area contributed by atoms with E-state index in [0.717, 1.165) is 4.88 Å². The van der Waals surface area contributed by atoms with Crippen LogP contribution < -0.4 is 20.1 Å². The van der Waals surface area contributed by atoms with E-state index < -0.39 is 0 Å².